The number of ether oxygens (including phenoxy) is 3. The first-order chi connectivity index (χ1) is 14.4. The van der Waals surface area contributed by atoms with Gasteiger partial charge in [0.05, 0.1) is 37.1 Å². The maximum atomic E-state index is 13.4. The number of hydrogen-bond donors (Lipinski definition) is 1. The predicted molar refractivity (Wildman–Crippen MR) is 116 cm³/mol. The van der Waals surface area contributed by atoms with Crippen LogP contribution >= 0.6 is 15.9 Å². The Kier molecular flexibility index (Phi) is 5.15. The molecule has 2 aromatic carbocycles. The number of ketones is 1. The van der Waals surface area contributed by atoms with Gasteiger partial charge in [-0.2, -0.15) is 0 Å². The van der Waals surface area contributed by atoms with Crippen molar-refractivity contribution in [2.75, 3.05) is 21.3 Å². The van der Waals surface area contributed by atoms with Gasteiger partial charge < -0.3 is 19.5 Å². The number of esters is 1. The molecule has 0 amide bonds. The molecule has 0 saturated carbocycles. The number of hydrogen-bond acceptors (Lipinski definition) is 6. The van der Waals surface area contributed by atoms with E-state index in [0.29, 0.717) is 38.4 Å². The fourth-order valence-corrected chi connectivity index (χ4v) is 4.77. The van der Waals surface area contributed by atoms with Crippen LogP contribution < -0.4 is 14.8 Å². The number of dihydropyridines is 1. The van der Waals surface area contributed by atoms with Crippen molar-refractivity contribution in [3.63, 3.8) is 0 Å². The third-order valence-corrected chi connectivity index (χ3v) is 6.03. The van der Waals surface area contributed by atoms with Gasteiger partial charge in [0.1, 0.15) is 0 Å². The number of benzene rings is 2. The number of allylic oxidation sites excluding steroid dienone is 2. The van der Waals surface area contributed by atoms with E-state index < -0.39 is 11.9 Å². The van der Waals surface area contributed by atoms with Crippen LogP contribution in [-0.2, 0) is 9.53 Å². The molecule has 0 aromatic heterocycles. The number of rotatable bonds is 4. The van der Waals surface area contributed by atoms with Crippen LogP contribution in [0.25, 0.3) is 5.70 Å². The monoisotopic (exact) mass is 469 g/mol. The van der Waals surface area contributed by atoms with Crippen LogP contribution in [0.15, 0.2) is 57.7 Å². The van der Waals surface area contributed by atoms with Crippen LogP contribution in [0.3, 0.4) is 0 Å². The lowest BCUT2D eigenvalue weighted by Crippen LogP contribution is -2.29. The number of carbonyl (C=O) groups is 2. The highest BCUT2D eigenvalue weighted by Gasteiger charge is 2.43. The van der Waals surface area contributed by atoms with Crippen LogP contribution in [-0.4, -0.2) is 33.1 Å². The molecule has 2 aliphatic rings. The van der Waals surface area contributed by atoms with Crippen molar-refractivity contribution in [2.24, 2.45) is 0 Å². The number of nitrogens with one attached hydrogen (secondary N) is 1. The lowest BCUT2D eigenvalue weighted by Gasteiger charge is -2.29. The van der Waals surface area contributed by atoms with Gasteiger partial charge in [0.25, 0.3) is 0 Å². The second-order valence-electron chi connectivity index (χ2n) is 6.99. The van der Waals surface area contributed by atoms with E-state index >= 15 is 0 Å². The minimum absolute atomic E-state index is 0.113. The van der Waals surface area contributed by atoms with Crippen molar-refractivity contribution < 1.29 is 23.8 Å². The first-order valence-corrected chi connectivity index (χ1v) is 10.1. The lowest BCUT2D eigenvalue weighted by molar-refractivity contribution is -0.136. The summed E-state index contributed by atoms with van der Waals surface area (Å²) < 4.78 is 16.6. The van der Waals surface area contributed by atoms with Crippen LogP contribution in [0.1, 0.15) is 34.3 Å². The zero-order valence-corrected chi connectivity index (χ0v) is 18.5. The molecule has 0 bridgehead atoms. The van der Waals surface area contributed by atoms with Crippen molar-refractivity contribution in [3.05, 3.63) is 74.4 Å². The zero-order chi connectivity index (χ0) is 21.6. The maximum absolute atomic E-state index is 13.4. The van der Waals surface area contributed by atoms with E-state index in [4.69, 9.17) is 14.2 Å². The quantitative estimate of drug-likeness (QED) is 0.676. The van der Waals surface area contributed by atoms with Gasteiger partial charge in [-0.05, 0) is 40.5 Å². The van der Waals surface area contributed by atoms with Gasteiger partial charge in [-0.25, -0.2) is 4.79 Å². The van der Waals surface area contributed by atoms with E-state index in [1.165, 1.54) is 7.11 Å². The van der Waals surface area contributed by atoms with E-state index in [1.807, 2.05) is 31.2 Å². The van der Waals surface area contributed by atoms with Gasteiger partial charge in [0.15, 0.2) is 17.3 Å². The summed E-state index contributed by atoms with van der Waals surface area (Å²) >= 11 is 3.52. The molecule has 0 fully saturated rings. The highest BCUT2D eigenvalue weighted by atomic mass is 79.9. The smallest absolute Gasteiger partial charge is 0.336 e. The summed E-state index contributed by atoms with van der Waals surface area (Å²) in [6, 6.07) is 11.1. The lowest BCUT2D eigenvalue weighted by atomic mass is 9.79. The summed E-state index contributed by atoms with van der Waals surface area (Å²) in [6.45, 7) is 1.81. The molecule has 0 saturated heterocycles. The second kappa shape index (κ2) is 7.65. The van der Waals surface area contributed by atoms with Gasteiger partial charge in [0, 0.05) is 28.3 Å². The SMILES string of the molecule is COC(=O)C1=C(C)NC2=C(C(=O)c3ccccc32)[C@H]1c1cc(Br)c(OC)c(OC)c1. The first kappa shape index (κ1) is 20.2. The summed E-state index contributed by atoms with van der Waals surface area (Å²) in [5.41, 5.74) is 4.41. The summed E-state index contributed by atoms with van der Waals surface area (Å²) in [4.78, 5) is 26.2. The number of carbonyl (C=O) groups excluding carboxylic acids is 2. The van der Waals surface area contributed by atoms with Gasteiger partial charge in [-0.15, -0.1) is 0 Å². The zero-order valence-electron chi connectivity index (χ0n) is 17.0. The standard InChI is InChI=1S/C23H20BrNO5/c1-11-17(23(27)30-4)18(12-9-15(24)22(29-3)16(10-12)28-2)19-20(25-11)13-7-5-6-8-14(13)21(19)26/h5-10,18,25H,1-4H3/t18-/m0/s1. The van der Waals surface area contributed by atoms with E-state index in [0.717, 1.165) is 16.8 Å². The molecule has 30 heavy (non-hydrogen) atoms. The topological polar surface area (TPSA) is 73.9 Å². The summed E-state index contributed by atoms with van der Waals surface area (Å²) in [6.07, 6.45) is 0. The highest BCUT2D eigenvalue weighted by Crippen LogP contribution is 2.49. The summed E-state index contributed by atoms with van der Waals surface area (Å²) in [5, 5.41) is 3.27. The number of fused-ring (bicyclic) bond motifs is 2. The third kappa shape index (κ3) is 2.92. The summed E-state index contributed by atoms with van der Waals surface area (Å²) in [5.74, 6) is -0.202. The van der Waals surface area contributed by atoms with E-state index in [-0.39, 0.29) is 5.78 Å². The molecule has 6 nitrogen and oxygen atoms in total. The Labute approximate surface area is 182 Å². The highest BCUT2D eigenvalue weighted by molar-refractivity contribution is 9.10. The number of Topliss-reactive ketones (excluding diaryl/α,β-unsaturated/α-hetero) is 1. The minimum Gasteiger partial charge on any atom is -0.493 e. The molecule has 154 valence electrons. The maximum Gasteiger partial charge on any atom is 0.336 e. The number of halogens is 1. The van der Waals surface area contributed by atoms with Crippen LogP contribution in [0.5, 0.6) is 11.5 Å². The van der Waals surface area contributed by atoms with Crippen molar-refractivity contribution in [3.8, 4) is 11.5 Å². The third-order valence-electron chi connectivity index (χ3n) is 5.44. The first-order valence-electron chi connectivity index (χ1n) is 9.28. The largest absolute Gasteiger partial charge is 0.493 e. The van der Waals surface area contributed by atoms with E-state index in [2.05, 4.69) is 21.2 Å². The molecule has 1 aliphatic carbocycles. The van der Waals surface area contributed by atoms with E-state index in [1.54, 1.807) is 26.4 Å². The molecule has 1 N–H and O–H groups in total. The fourth-order valence-electron chi connectivity index (χ4n) is 4.15. The molecule has 4 rings (SSSR count). The average Bonchev–Trinajstić information content (AvgIpc) is 3.03. The molecule has 1 heterocycles. The Morgan fingerprint density at radius 1 is 1.07 bits per heavy atom. The van der Waals surface area contributed by atoms with Crippen molar-refractivity contribution in [1.29, 1.82) is 0 Å². The molecule has 1 aliphatic heterocycles. The Morgan fingerprint density at radius 2 is 1.77 bits per heavy atom. The molecular weight excluding hydrogens is 450 g/mol. The molecule has 2 aromatic rings. The molecule has 7 heteroatoms. The number of methoxy groups -OCH3 is 3. The van der Waals surface area contributed by atoms with Crippen molar-refractivity contribution >= 4 is 33.4 Å². The van der Waals surface area contributed by atoms with Crippen LogP contribution in [0.2, 0.25) is 0 Å². The Bertz CT molecular complexity index is 1150. The Balaban J connectivity index is 1.99. The molecule has 0 radical (unpaired) electrons. The van der Waals surface area contributed by atoms with Gasteiger partial charge in [0.2, 0.25) is 0 Å². The van der Waals surface area contributed by atoms with Crippen LogP contribution in [0, 0.1) is 0 Å². The Hall–Kier alpha value is -3.06. The van der Waals surface area contributed by atoms with Crippen molar-refractivity contribution in [1.82, 2.24) is 5.32 Å². The predicted octanol–water partition coefficient (Wildman–Crippen LogP) is 4.21. The fraction of sp³-hybridized carbons (Fsp3) is 0.217. The minimum atomic E-state index is -0.621. The second-order valence-corrected chi connectivity index (χ2v) is 7.84. The molecule has 0 unspecified atom stereocenters. The van der Waals surface area contributed by atoms with Gasteiger partial charge in [-0.1, -0.05) is 24.3 Å². The van der Waals surface area contributed by atoms with Gasteiger partial charge >= 0.3 is 5.97 Å². The van der Waals surface area contributed by atoms with E-state index in [9.17, 15) is 9.59 Å². The molecular formula is C23H20BrNO5. The van der Waals surface area contributed by atoms with Gasteiger partial charge in [-0.3, -0.25) is 4.79 Å². The Morgan fingerprint density at radius 3 is 2.40 bits per heavy atom. The molecule has 0 spiro atoms. The summed E-state index contributed by atoms with van der Waals surface area (Å²) in [7, 11) is 4.42. The average molecular weight is 470 g/mol. The van der Waals surface area contributed by atoms with Crippen molar-refractivity contribution in [2.45, 2.75) is 12.8 Å². The van der Waals surface area contributed by atoms with Crippen LogP contribution in [0.4, 0.5) is 0 Å². The normalized spacial score (nSPS) is 17.4. The molecule has 1 atom stereocenters.